The Labute approximate surface area is 115 Å². The molecule has 0 aliphatic heterocycles. The van der Waals surface area contributed by atoms with Crippen molar-refractivity contribution in [2.45, 2.75) is 12.5 Å². The molecule has 0 unspecified atom stereocenters. The van der Waals surface area contributed by atoms with Gasteiger partial charge in [-0.15, -0.1) is 0 Å². The van der Waals surface area contributed by atoms with E-state index >= 15 is 0 Å². The molecule has 4 nitrogen and oxygen atoms in total. The standard InChI is InChI=1S/C16H13NO3/c1-20-16-14-10(12(18)7-13(14)19)6-9-8-4-2-3-5-11(8)17-15(9)16/h2-6,13,17,19H,7H2,1H3/t13-/m0/s1. The molecule has 3 aromatic rings. The number of aromatic amines is 1. The third-order valence-corrected chi connectivity index (χ3v) is 4.01. The minimum Gasteiger partial charge on any atom is -0.494 e. The number of ether oxygens (including phenoxy) is 1. The number of carbonyl (C=O) groups excluding carboxylic acids is 1. The van der Waals surface area contributed by atoms with Crippen molar-refractivity contribution in [1.29, 1.82) is 0 Å². The fourth-order valence-electron chi connectivity index (χ4n) is 3.13. The molecule has 4 heteroatoms. The molecular formula is C16H13NO3. The maximum atomic E-state index is 12.0. The molecule has 100 valence electrons. The van der Waals surface area contributed by atoms with Gasteiger partial charge in [-0.3, -0.25) is 4.79 Å². The number of H-pyrrole nitrogens is 1. The molecule has 0 spiro atoms. The van der Waals surface area contributed by atoms with E-state index in [0.29, 0.717) is 16.9 Å². The van der Waals surface area contributed by atoms with Crippen LogP contribution in [0.3, 0.4) is 0 Å². The highest BCUT2D eigenvalue weighted by molar-refractivity contribution is 6.14. The lowest BCUT2D eigenvalue weighted by Gasteiger charge is -2.11. The summed E-state index contributed by atoms with van der Waals surface area (Å²) >= 11 is 0. The van der Waals surface area contributed by atoms with Gasteiger partial charge in [-0.2, -0.15) is 0 Å². The quantitative estimate of drug-likeness (QED) is 0.712. The second-order valence-electron chi connectivity index (χ2n) is 5.11. The predicted molar refractivity (Wildman–Crippen MR) is 76.3 cm³/mol. The fourth-order valence-corrected chi connectivity index (χ4v) is 3.13. The summed E-state index contributed by atoms with van der Waals surface area (Å²) in [7, 11) is 1.57. The van der Waals surface area contributed by atoms with Crippen molar-refractivity contribution < 1.29 is 14.6 Å². The highest BCUT2D eigenvalue weighted by Crippen LogP contribution is 2.44. The minimum absolute atomic E-state index is 0.0296. The summed E-state index contributed by atoms with van der Waals surface area (Å²) in [5, 5.41) is 12.1. The monoisotopic (exact) mass is 267 g/mol. The molecule has 1 atom stereocenters. The molecule has 1 aliphatic carbocycles. The first kappa shape index (κ1) is 11.5. The number of nitrogens with one attached hydrogen (secondary N) is 1. The normalized spacial score (nSPS) is 17.9. The van der Waals surface area contributed by atoms with Gasteiger partial charge in [-0.25, -0.2) is 0 Å². The van der Waals surface area contributed by atoms with Crippen molar-refractivity contribution in [1.82, 2.24) is 4.98 Å². The van der Waals surface area contributed by atoms with Crippen LogP contribution in [0.1, 0.15) is 28.4 Å². The lowest BCUT2D eigenvalue weighted by molar-refractivity contribution is 0.0929. The fraction of sp³-hybridized carbons (Fsp3) is 0.188. The summed E-state index contributed by atoms with van der Waals surface area (Å²) in [6, 6.07) is 9.78. The number of hydrogen-bond acceptors (Lipinski definition) is 3. The molecule has 0 saturated carbocycles. The number of rotatable bonds is 1. The number of benzene rings is 2. The van der Waals surface area contributed by atoms with Gasteiger partial charge in [-0.05, 0) is 12.1 Å². The number of carbonyl (C=O) groups is 1. The van der Waals surface area contributed by atoms with Gasteiger partial charge in [0, 0.05) is 33.8 Å². The Morgan fingerprint density at radius 3 is 2.90 bits per heavy atom. The van der Waals surface area contributed by atoms with Crippen LogP contribution in [0.25, 0.3) is 21.8 Å². The molecule has 1 heterocycles. The van der Waals surface area contributed by atoms with Crippen molar-refractivity contribution in [3.8, 4) is 5.75 Å². The van der Waals surface area contributed by atoms with E-state index in [1.807, 2.05) is 30.3 Å². The van der Waals surface area contributed by atoms with Gasteiger partial charge in [0.25, 0.3) is 0 Å². The summed E-state index contributed by atoms with van der Waals surface area (Å²) in [4.78, 5) is 15.3. The Morgan fingerprint density at radius 2 is 2.10 bits per heavy atom. The van der Waals surface area contributed by atoms with Crippen LogP contribution in [-0.4, -0.2) is 23.0 Å². The highest BCUT2D eigenvalue weighted by Gasteiger charge is 2.33. The molecule has 1 aromatic heterocycles. The summed E-state index contributed by atoms with van der Waals surface area (Å²) in [5.74, 6) is 0.546. The molecule has 0 saturated heterocycles. The topological polar surface area (TPSA) is 62.3 Å². The summed E-state index contributed by atoms with van der Waals surface area (Å²) in [5.41, 5.74) is 3.01. The molecule has 0 amide bonds. The van der Waals surface area contributed by atoms with Crippen LogP contribution in [0.5, 0.6) is 5.75 Å². The van der Waals surface area contributed by atoms with Crippen LogP contribution in [-0.2, 0) is 0 Å². The van der Waals surface area contributed by atoms with Crippen LogP contribution in [0.15, 0.2) is 30.3 Å². The SMILES string of the molecule is COc1c2c(cc3c1[nH]c1ccccc13)C(=O)C[C@@H]2O. The van der Waals surface area contributed by atoms with Crippen LogP contribution < -0.4 is 4.74 Å². The first-order valence-electron chi connectivity index (χ1n) is 6.53. The van der Waals surface area contributed by atoms with E-state index in [-0.39, 0.29) is 12.2 Å². The number of hydrogen-bond donors (Lipinski definition) is 2. The predicted octanol–water partition coefficient (Wildman–Crippen LogP) is 2.95. The van der Waals surface area contributed by atoms with Crippen LogP contribution >= 0.6 is 0 Å². The van der Waals surface area contributed by atoms with E-state index in [2.05, 4.69) is 4.98 Å². The van der Waals surface area contributed by atoms with E-state index in [9.17, 15) is 9.90 Å². The number of methoxy groups -OCH3 is 1. The van der Waals surface area contributed by atoms with Crippen molar-refractivity contribution >= 4 is 27.6 Å². The van der Waals surface area contributed by atoms with E-state index in [1.165, 1.54) is 0 Å². The Balaban J connectivity index is 2.22. The van der Waals surface area contributed by atoms with E-state index in [4.69, 9.17) is 4.74 Å². The van der Waals surface area contributed by atoms with Gasteiger partial charge < -0.3 is 14.8 Å². The number of aromatic nitrogens is 1. The van der Waals surface area contributed by atoms with Crippen LogP contribution in [0, 0.1) is 0 Å². The average Bonchev–Trinajstić information content (AvgIpc) is 2.95. The van der Waals surface area contributed by atoms with Crippen molar-refractivity contribution in [3.63, 3.8) is 0 Å². The Kier molecular flexibility index (Phi) is 2.20. The van der Waals surface area contributed by atoms with Crippen LogP contribution in [0.2, 0.25) is 0 Å². The maximum Gasteiger partial charge on any atom is 0.166 e. The molecule has 0 radical (unpaired) electrons. The molecule has 20 heavy (non-hydrogen) atoms. The number of para-hydroxylation sites is 1. The Morgan fingerprint density at radius 1 is 1.30 bits per heavy atom. The smallest absolute Gasteiger partial charge is 0.166 e. The third-order valence-electron chi connectivity index (χ3n) is 4.01. The van der Waals surface area contributed by atoms with Gasteiger partial charge in [0.2, 0.25) is 0 Å². The number of aliphatic hydroxyl groups is 1. The lowest BCUT2D eigenvalue weighted by atomic mass is 10.0. The van der Waals surface area contributed by atoms with Gasteiger partial charge in [0.15, 0.2) is 5.78 Å². The third kappa shape index (κ3) is 1.31. The number of fused-ring (bicyclic) bond motifs is 4. The number of Topliss-reactive ketones (excluding diaryl/α,β-unsaturated/α-hetero) is 1. The molecule has 2 N–H and O–H groups in total. The number of aliphatic hydroxyl groups excluding tert-OH is 1. The Bertz CT molecular complexity index is 863. The molecule has 1 aliphatic rings. The summed E-state index contributed by atoms with van der Waals surface area (Å²) in [6.07, 6.45) is -0.640. The van der Waals surface area contributed by atoms with E-state index in [1.54, 1.807) is 7.11 Å². The van der Waals surface area contributed by atoms with Crippen molar-refractivity contribution in [2.75, 3.05) is 7.11 Å². The lowest BCUT2D eigenvalue weighted by Crippen LogP contribution is -1.97. The van der Waals surface area contributed by atoms with Crippen molar-refractivity contribution in [2.24, 2.45) is 0 Å². The molecule has 2 aromatic carbocycles. The van der Waals surface area contributed by atoms with Gasteiger partial charge >= 0.3 is 0 Å². The summed E-state index contributed by atoms with van der Waals surface area (Å²) < 4.78 is 5.48. The van der Waals surface area contributed by atoms with E-state index in [0.717, 1.165) is 21.8 Å². The van der Waals surface area contributed by atoms with Gasteiger partial charge in [0.05, 0.1) is 18.7 Å². The highest BCUT2D eigenvalue weighted by atomic mass is 16.5. The first-order valence-corrected chi connectivity index (χ1v) is 6.53. The second-order valence-corrected chi connectivity index (χ2v) is 5.11. The average molecular weight is 267 g/mol. The molecule has 4 rings (SSSR count). The first-order chi connectivity index (χ1) is 9.70. The van der Waals surface area contributed by atoms with Gasteiger partial charge in [-0.1, -0.05) is 18.2 Å². The zero-order valence-corrected chi connectivity index (χ0v) is 10.9. The number of ketones is 1. The zero-order valence-electron chi connectivity index (χ0n) is 10.9. The van der Waals surface area contributed by atoms with E-state index < -0.39 is 6.10 Å². The van der Waals surface area contributed by atoms with Gasteiger partial charge in [0.1, 0.15) is 5.75 Å². The Hall–Kier alpha value is -2.33. The van der Waals surface area contributed by atoms with Crippen molar-refractivity contribution in [3.05, 3.63) is 41.5 Å². The second kappa shape index (κ2) is 3.84. The summed E-state index contributed by atoms with van der Waals surface area (Å²) in [6.45, 7) is 0. The van der Waals surface area contributed by atoms with Crippen LogP contribution in [0.4, 0.5) is 0 Å². The minimum atomic E-state index is -0.775. The largest absolute Gasteiger partial charge is 0.494 e. The molecule has 0 fully saturated rings. The molecule has 0 bridgehead atoms. The molecular weight excluding hydrogens is 254 g/mol. The maximum absolute atomic E-state index is 12.0. The zero-order chi connectivity index (χ0) is 13.9.